The molecule has 2 aromatic rings. The molecule has 2 N–H and O–H groups in total. The quantitative estimate of drug-likeness (QED) is 0.774. The molecule has 0 spiro atoms. The molecule has 15 heavy (non-hydrogen) atoms. The van der Waals surface area contributed by atoms with Crippen molar-refractivity contribution in [1.82, 2.24) is 9.78 Å². The van der Waals surface area contributed by atoms with Crippen LogP contribution in [0.5, 0.6) is 0 Å². The van der Waals surface area contributed by atoms with Crippen LogP contribution in [0.25, 0.3) is 5.69 Å². The average Bonchev–Trinajstić information content (AvgIpc) is 2.62. The topological polar surface area (TPSA) is 43.8 Å². The third-order valence-electron chi connectivity index (χ3n) is 1.86. The predicted molar refractivity (Wildman–Crippen MR) is 64.1 cm³/mol. The average molecular weight is 203 g/mol. The Morgan fingerprint density at radius 2 is 1.73 bits per heavy atom. The normalized spacial score (nSPS) is 9.27. The number of benzene rings is 1. The van der Waals surface area contributed by atoms with E-state index < -0.39 is 0 Å². The molecule has 0 aliphatic heterocycles. The van der Waals surface area contributed by atoms with Gasteiger partial charge in [-0.05, 0) is 19.1 Å². The number of anilines is 1. The molecule has 0 amide bonds. The minimum absolute atomic E-state index is 0.670. The van der Waals surface area contributed by atoms with Crippen molar-refractivity contribution in [3.63, 3.8) is 0 Å². The van der Waals surface area contributed by atoms with Crippen LogP contribution in [-0.2, 0) is 0 Å². The van der Waals surface area contributed by atoms with E-state index in [2.05, 4.69) is 5.10 Å². The van der Waals surface area contributed by atoms with Gasteiger partial charge in [-0.15, -0.1) is 0 Å². The minimum atomic E-state index is 0.670. The van der Waals surface area contributed by atoms with Gasteiger partial charge in [0, 0.05) is 6.07 Å². The molecular weight excluding hydrogens is 186 g/mol. The van der Waals surface area contributed by atoms with Gasteiger partial charge < -0.3 is 5.73 Å². The Morgan fingerprint density at radius 1 is 1.13 bits per heavy atom. The zero-order valence-electron chi connectivity index (χ0n) is 9.44. The number of nitrogen functional groups attached to an aromatic ring is 1. The Kier molecular flexibility index (Phi) is 3.92. The van der Waals surface area contributed by atoms with E-state index in [4.69, 9.17) is 5.73 Å². The maximum atomic E-state index is 5.77. The van der Waals surface area contributed by atoms with Gasteiger partial charge in [-0.2, -0.15) is 5.10 Å². The zero-order valence-corrected chi connectivity index (χ0v) is 9.44. The number of aromatic nitrogens is 2. The van der Waals surface area contributed by atoms with E-state index >= 15 is 0 Å². The van der Waals surface area contributed by atoms with Crippen LogP contribution in [0.15, 0.2) is 36.4 Å². The van der Waals surface area contributed by atoms with E-state index in [9.17, 15) is 0 Å². The molecule has 0 aliphatic carbocycles. The van der Waals surface area contributed by atoms with Crippen LogP contribution >= 0.6 is 0 Å². The van der Waals surface area contributed by atoms with Gasteiger partial charge >= 0.3 is 0 Å². The summed E-state index contributed by atoms with van der Waals surface area (Å²) in [5.41, 5.74) is 7.70. The van der Waals surface area contributed by atoms with Crippen molar-refractivity contribution in [3.8, 4) is 5.69 Å². The van der Waals surface area contributed by atoms with Crippen LogP contribution in [0, 0.1) is 6.92 Å². The molecule has 0 radical (unpaired) electrons. The van der Waals surface area contributed by atoms with Gasteiger partial charge in [-0.1, -0.05) is 32.0 Å². The fourth-order valence-electron chi connectivity index (χ4n) is 1.30. The number of para-hydroxylation sites is 1. The Labute approximate surface area is 90.5 Å². The van der Waals surface area contributed by atoms with Crippen molar-refractivity contribution in [2.45, 2.75) is 20.8 Å². The Morgan fingerprint density at radius 3 is 2.20 bits per heavy atom. The molecule has 1 aromatic heterocycles. The Bertz CT molecular complexity index is 404. The maximum absolute atomic E-state index is 5.77. The molecule has 0 atom stereocenters. The highest BCUT2D eigenvalue weighted by atomic mass is 15.3. The van der Waals surface area contributed by atoms with Crippen LogP contribution < -0.4 is 5.73 Å². The van der Waals surface area contributed by atoms with Crippen LogP contribution in [0.1, 0.15) is 19.5 Å². The first-order chi connectivity index (χ1) is 7.27. The lowest BCUT2D eigenvalue weighted by molar-refractivity contribution is 0.872. The van der Waals surface area contributed by atoms with E-state index in [1.54, 1.807) is 4.68 Å². The second kappa shape index (κ2) is 5.20. The van der Waals surface area contributed by atoms with Crippen LogP contribution in [0.3, 0.4) is 0 Å². The first-order valence-corrected chi connectivity index (χ1v) is 5.15. The third-order valence-corrected chi connectivity index (χ3v) is 1.86. The monoisotopic (exact) mass is 203 g/mol. The van der Waals surface area contributed by atoms with E-state index in [0.717, 1.165) is 11.4 Å². The molecule has 80 valence electrons. The summed E-state index contributed by atoms with van der Waals surface area (Å²) in [6.07, 6.45) is 0. The molecule has 3 nitrogen and oxygen atoms in total. The van der Waals surface area contributed by atoms with Gasteiger partial charge in [0.2, 0.25) is 0 Å². The molecular formula is C12H17N3. The summed E-state index contributed by atoms with van der Waals surface area (Å²) in [6.45, 7) is 5.93. The molecule has 0 unspecified atom stereocenters. The second-order valence-corrected chi connectivity index (χ2v) is 2.96. The van der Waals surface area contributed by atoms with E-state index in [-0.39, 0.29) is 0 Å². The number of hydrogen-bond donors (Lipinski definition) is 1. The van der Waals surface area contributed by atoms with E-state index in [1.807, 2.05) is 57.2 Å². The summed E-state index contributed by atoms with van der Waals surface area (Å²) >= 11 is 0. The van der Waals surface area contributed by atoms with Crippen molar-refractivity contribution >= 4 is 5.82 Å². The standard InChI is InChI=1S/C10H11N3.C2H6/c1-8-7-10(11)13(12-8)9-5-3-2-4-6-9;1-2/h2-7H,11H2,1H3;1-2H3. The maximum Gasteiger partial charge on any atom is 0.127 e. The molecule has 0 aliphatic rings. The number of aryl methyl sites for hydroxylation is 1. The lowest BCUT2D eigenvalue weighted by Gasteiger charge is -2.01. The highest BCUT2D eigenvalue weighted by Gasteiger charge is 2.02. The molecule has 0 fully saturated rings. The van der Waals surface area contributed by atoms with Gasteiger partial charge in [0.1, 0.15) is 5.82 Å². The number of hydrogen-bond acceptors (Lipinski definition) is 2. The van der Waals surface area contributed by atoms with Gasteiger partial charge in [0.05, 0.1) is 11.4 Å². The second-order valence-electron chi connectivity index (χ2n) is 2.96. The smallest absolute Gasteiger partial charge is 0.127 e. The van der Waals surface area contributed by atoms with Crippen LogP contribution in [0.2, 0.25) is 0 Å². The van der Waals surface area contributed by atoms with Gasteiger partial charge in [-0.25, -0.2) is 4.68 Å². The van der Waals surface area contributed by atoms with Gasteiger partial charge in [-0.3, -0.25) is 0 Å². The fraction of sp³-hybridized carbons (Fsp3) is 0.250. The lowest BCUT2D eigenvalue weighted by atomic mass is 10.3. The molecule has 1 heterocycles. The van der Waals surface area contributed by atoms with E-state index in [0.29, 0.717) is 5.82 Å². The SMILES string of the molecule is CC.Cc1cc(N)n(-c2ccccc2)n1. The predicted octanol–water partition coefficient (Wildman–Crippen LogP) is 2.79. The number of nitrogens with two attached hydrogens (primary N) is 1. The Hall–Kier alpha value is -1.77. The van der Waals surface area contributed by atoms with Crippen molar-refractivity contribution in [2.75, 3.05) is 5.73 Å². The molecule has 0 saturated carbocycles. The largest absolute Gasteiger partial charge is 0.384 e. The van der Waals surface area contributed by atoms with Crippen LogP contribution in [0.4, 0.5) is 5.82 Å². The molecule has 0 bridgehead atoms. The molecule has 3 heteroatoms. The highest BCUT2D eigenvalue weighted by Crippen LogP contribution is 2.12. The molecule has 1 aromatic carbocycles. The van der Waals surface area contributed by atoms with E-state index in [1.165, 1.54) is 0 Å². The summed E-state index contributed by atoms with van der Waals surface area (Å²) in [7, 11) is 0. The Balaban J connectivity index is 0.000000531. The first kappa shape index (κ1) is 11.3. The fourth-order valence-corrected chi connectivity index (χ4v) is 1.30. The third kappa shape index (κ3) is 2.59. The van der Waals surface area contributed by atoms with Crippen molar-refractivity contribution in [1.29, 1.82) is 0 Å². The van der Waals surface area contributed by atoms with Gasteiger partial charge in [0.15, 0.2) is 0 Å². The summed E-state index contributed by atoms with van der Waals surface area (Å²) < 4.78 is 1.73. The summed E-state index contributed by atoms with van der Waals surface area (Å²) in [5.74, 6) is 0.670. The highest BCUT2D eigenvalue weighted by molar-refractivity contribution is 5.42. The zero-order chi connectivity index (χ0) is 11.3. The van der Waals surface area contributed by atoms with Gasteiger partial charge in [0.25, 0.3) is 0 Å². The minimum Gasteiger partial charge on any atom is -0.384 e. The van der Waals surface area contributed by atoms with Crippen molar-refractivity contribution in [3.05, 3.63) is 42.1 Å². The molecule has 0 saturated heterocycles. The lowest BCUT2D eigenvalue weighted by Crippen LogP contribution is -2.00. The number of nitrogens with zero attached hydrogens (tertiary/aromatic N) is 2. The summed E-state index contributed by atoms with van der Waals surface area (Å²) in [6, 6.07) is 11.7. The summed E-state index contributed by atoms with van der Waals surface area (Å²) in [4.78, 5) is 0. The molecule has 2 rings (SSSR count). The van der Waals surface area contributed by atoms with Crippen molar-refractivity contribution < 1.29 is 0 Å². The van der Waals surface area contributed by atoms with Crippen LogP contribution in [-0.4, -0.2) is 9.78 Å². The van der Waals surface area contributed by atoms with Crippen molar-refractivity contribution in [2.24, 2.45) is 0 Å². The first-order valence-electron chi connectivity index (χ1n) is 5.15. The summed E-state index contributed by atoms with van der Waals surface area (Å²) in [5, 5.41) is 4.27. The number of rotatable bonds is 1.